The van der Waals surface area contributed by atoms with Gasteiger partial charge in [0, 0.05) is 7.11 Å². The summed E-state index contributed by atoms with van der Waals surface area (Å²) < 4.78 is 49.2. The Morgan fingerprint density at radius 3 is 2.18 bits per heavy atom. The maximum absolute atomic E-state index is 13.9. The molecule has 2 nitrogen and oxygen atoms in total. The van der Waals surface area contributed by atoms with Gasteiger partial charge in [0.2, 0.25) is 0 Å². The van der Waals surface area contributed by atoms with Gasteiger partial charge in [-0.25, -0.2) is 0 Å². The Hall–Kier alpha value is -0.290. The van der Waals surface area contributed by atoms with Crippen molar-refractivity contribution in [3.63, 3.8) is 0 Å². The lowest BCUT2D eigenvalue weighted by molar-refractivity contribution is -0.339. The first-order chi connectivity index (χ1) is 7.99. The lowest BCUT2D eigenvalue weighted by Gasteiger charge is -2.37. The minimum atomic E-state index is -3.37. The highest BCUT2D eigenvalue weighted by molar-refractivity contribution is 4.88. The Morgan fingerprint density at radius 2 is 1.76 bits per heavy atom. The molecule has 0 heterocycles. The highest BCUT2D eigenvalue weighted by atomic mass is 19.3. The Morgan fingerprint density at radius 1 is 1.12 bits per heavy atom. The third-order valence-corrected chi connectivity index (χ3v) is 2.99. The summed E-state index contributed by atoms with van der Waals surface area (Å²) in [5.74, 6) is 0. The minimum absolute atomic E-state index is 0.0210. The first-order valence-corrected chi connectivity index (χ1v) is 6.12. The summed E-state index contributed by atoms with van der Waals surface area (Å²) in [7, 11) is 1.27. The molecule has 0 N–H and O–H groups in total. The molecule has 0 saturated heterocycles. The standard InChI is InChI=1S/C12H23F3O2/c1-4-6-8-11(5-2,16-3)12(14,15)17-10-7-9-13/h4-10H2,1-3H3. The molecule has 0 amide bonds. The van der Waals surface area contributed by atoms with Crippen molar-refractivity contribution in [1.29, 1.82) is 0 Å². The Balaban J connectivity index is 4.62. The zero-order valence-corrected chi connectivity index (χ0v) is 10.9. The molecule has 0 aliphatic heterocycles. The van der Waals surface area contributed by atoms with Crippen LogP contribution in [0.25, 0.3) is 0 Å². The van der Waals surface area contributed by atoms with Crippen LogP contribution in [0.1, 0.15) is 46.0 Å². The van der Waals surface area contributed by atoms with Crippen LogP contribution in [0, 0.1) is 0 Å². The van der Waals surface area contributed by atoms with E-state index >= 15 is 0 Å². The van der Waals surface area contributed by atoms with E-state index in [1.807, 2.05) is 6.92 Å². The molecule has 0 aromatic rings. The number of alkyl halides is 3. The van der Waals surface area contributed by atoms with Crippen molar-refractivity contribution < 1.29 is 22.6 Å². The SMILES string of the molecule is CCCCC(CC)(OC)C(F)(F)OCCCF. The third-order valence-electron chi connectivity index (χ3n) is 2.99. The Labute approximate surface area is 101 Å². The number of ether oxygens (including phenoxy) is 2. The van der Waals surface area contributed by atoms with Gasteiger partial charge in [-0.1, -0.05) is 26.7 Å². The number of hydrogen-bond acceptors (Lipinski definition) is 2. The van der Waals surface area contributed by atoms with Crippen molar-refractivity contribution in [3.8, 4) is 0 Å². The number of unbranched alkanes of at least 4 members (excludes halogenated alkanes) is 1. The van der Waals surface area contributed by atoms with Gasteiger partial charge in [-0.05, 0) is 19.3 Å². The smallest absolute Gasteiger partial charge is 0.369 e. The van der Waals surface area contributed by atoms with E-state index in [2.05, 4.69) is 4.74 Å². The molecule has 0 saturated carbocycles. The molecule has 0 radical (unpaired) electrons. The van der Waals surface area contributed by atoms with E-state index in [4.69, 9.17) is 4.74 Å². The van der Waals surface area contributed by atoms with E-state index in [9.17, 15) is 13.2 Å². The minimum Gasteiger partial charge on any atom is -0.369 e. The van der Waals surface area contributed by atoms with Crippen molar-refractivity contribution in [2.45, 2.75) is 57.7 Å². The fourth-order valence-electron chi connectivity index (χ4n) is 1.74. The zero-order valence-electron chi connectivity index (χ0n) is 10.9. The topological polar surface area (TPSA) is 18.5 Å². The third kappa shape index (κ3) is 4.47. The first kappa shape index (κ1) is 16.7. The number of hydrogen-bond donors (Lipinski definition) is 0. The van der Waals surface area contributed by atoms with Crippen LogP contribution in [-0.4, -0.2) is 32.1 Å². The van der Waals surface area contributed by atoms with Crippen LogP contribution in [0.3, 0.4) is 0 Å². The van der Waals surface area contributed by atoms with E-state index in [-0.39, 0.29) is 25.9 Å². The number of methoxy groups -OCH3 is 1. The average molecular weight is 256 g/mol. The van der Waals surface area contributed by atoms with Crippen molar-refractivity contribution in [1.82, 2.24) is 0 Å². The molecule has 0 aliphatic rings. The average Bonchev–Trinajstić information content (AvgIpc) is 2.31. The molecule has 0 rings (SSSR count). The molecule has 0 fully saturated rings. The monoisotopic (exact) mass is 256 g/mol. The van der Waals surface area contributed by atoms with Gasteiger partial charge in [0.05, 0.1) is 13.3 Å². The van der Waals surface area contributed by atoms with Crippen LogP contribution >= 0.6 is 0 Å². The quantitative estimate of drug-likeness (QED) is 0.551. The fourth-order valence-corrected chi connectivity index (χ4v) is 1.74. The summed E-state index contributed by atoms with van der Waals surface area (Å²) in [5.41, 5.74) is -1.60. The van der Waals surface area contributed by atoms with Gasteiger partial charge in [-0.2, -0.15) is 8.78 Å². The molecule has 1 unspecified atom stereocenters. The maximum atomic E-state index is 13.9. The normalized spacial score (nSPS) is 15.9. The first-order valence-electron chi connectivity index (χ1n) is 6.12. The fraction of sp³-hybridized carbons (Fsp3) is 1.00. The molecule has 0 aromatic carbocycles. The van der Waals surface area contributed by atoms with Gasteiger partial charge in [0.15, 0.2) is 5.60 Å². The van der Waals surface area contributed by atoms with Crippen LogP contribution in [0.15, 0.2) is 0 Å². The summed E-state index contributed by atoms with van der Waals surface area (Å²) in [6.07, 6.45) is -1.55. The van der Waals surface area contributed by atoms with Gasteiger partial charge in [0.1, 0.15) is 0 Å². The van der Waals surface area contributed by atoms with Crippen molar-refractivity contribution in [2.24, 2.45) is 0 Å². The second kappa shape index (κ2) is 7.93. The van der Waals surface area contributed by atoms with Crippen LogP contribution in [-0.2, 0) is 9.47 Å². The van der Waals surface area contributed by atoms with Gasteiger partial charge in [0.25, 0.3) is 0 Å². The van der Waals surface area contributed by atoms with Crippen molar-refractivity contribution in [3.05, 3.63) is 0 Å². The van der Waals surface area contributed by atoms with Gasteiger partial charge < -0.3 is 9.47 Å². The lowest BCUT2D eigenvalue weighted by atomic mass is 9.92. The molecule has 0 spiro atoms. The number of rotatable bonds is 10. The summed E-state index contributed by atoms with van der Waals surface area (Å²) in [4.78, 5) is 0. The number of halogens is 3. The molecule has 5 heteroatoms. The zero-order chi connectivity index (χ0) is 13.4. The van der Waals surface area contributed by atoms with Crippen molar-refractivity contribution in [2.75, 3.05) is 20.4 Å². The molecule has 0 aliphatic carbocycles. The largest absolute Gasteiger partial charge is 0.384 e. The van der Waals surface area contributed by atoms with E-state index in [1.165, 1.54) is 7.11 Å². The maximum Gasteiger partial charge on any atom is 0.384 e. The van der Waals surface area contributed by atoms with Gasteiger partial charge in [-0.3, -0.25) is 4.39 Å². The lowest BCUT2D eigenvalue weighted by Crippen LogP contribution is -2.51. The summed E-state index contributed by atoms with van der Waals surface area (Å²) in [6.45, 7) is 2.63. The molecule has 0 aromatic heterocycles. The Bertz CT molecular complexity index is 194. The van der Waals surface area contributed by atoms with Crippen molar-refractivity contribution >= 4 is 0 Å². The van der Waals surface area contributed by atoms with Crippen LogP contribution < -0.4 is 0 Å². The molecule has 0 bridgehead atoms. The molecule has 17 heavy (non-hydrogen) atoms. The molecular formula is C12H23F3O2. The van der Waals surface area contributed by atoms with Crippen LogP contribution in [0.5, 0.6) is 0 Å². The van der Waals surface area contributed by atoms with Gasteiger partial charge >= 0.3 is 6.11 Å². The van der Waals surface area contributed by atoms with Gasteiger partial charge in [-0.15, -0.1) is 0 Å². The van der Waals surface area contributed by atoms with Crippen LogP contribution in [0.2, 0.25) is 0 Å². The molecular weight excluding hydrogens is 233 g/mol. The van der Waals surface area contributed by atoms with Crippen LogP contribution in [0.4, 0.5) is 13.2 Å². The Kier molecular flexibility index (Phi) is 7.79. The highest BCUT2D eigenvalue weighted by Crippen LogP contribution is 2.39. The second-order valence-electron chi connectivity index (χ2n) is 4.06. The predicted molar refractivity (Wildman–Crippen MR) is 61.0 cm³/mol. The highest BCUT2D eigenvalue weighted by Gasteiger charge is 2.53. The summed E-state index contributed by atoms with van der Waals surface area (Å²) in [5, 5.41) is 0. The summed E-state index contributed by atoms with van der Waals surface area (Å²) >= 11 is 0. The van der Waals surface area contributed by atoms with E-state index in [0.29, 0.717) is 6.42 Å². The molecule has 104 valence electrons. The molecule has 1 atom stereocenters. The van der Waals surface area contributed by atoms with E-state index < -0.39 is 18.4 Å². The predicted octanol–water partition coefficient (Wildman–Crippen LogP) is 3.94. The van der Waals surface area contributed by atoms with E-state index in [1.54, 1.807) is 6.92 Å². The van der Waals surface area contributed by atoms with E-state index in [0.717, 1.165) is 6.42 Å². The second-order valence-corrected chi connectivity index (χ2v) is 4.06. The summed E-state index contributed by atoms with van der Waals surface area (Å²) in [6, 6.07) is 0.